The van der Waals surface area contributed by atoms with Crippen molar-refractivity contribution in [2.45, 2.75) is 104 Å². The van der Waals surface area contributed by atoms with Gasteiger partial charge in [-0.3, -0.25) is 0 Å². The molecule has 0 atom stereocenters. The first-order chi connectivity index (χ1) is 15.8. The van der Waals surface area contributed by atoms with Gasteiger partial charge in [-0.2, -0.15) is 0 Å². The number of nitrogens with zero attached hydrogens (tertiary/aromatic N) is 4. The summed E-state index contributed by atoms with van der Waals surface area (Å²) in [4.78, 5) is 0. The summed E-state index contributed by atoms with van der Waals surface area (Å²) < 4.78 is 0. The SMILES string of the molecule is CCCCCCCCc1nnc(-c2ccc(-c3nnc(CCCCCCCC)s3)cc2)s1. The van der Waals surface area contributed by atoms with Crippen LogP contribution in [-0.4, -0.2) is 20.4 Å². The van der Waals surface area contributed by atoms with E-state index in [-0.39, 0.29) is 0 Å². The van der Waals surface area contributed by atoms with Crippen LogP contribution in [0.2, 0.25) is 0 Å². The van der Waals surface area contributed by atoms with Crippen LogP contribution in [-0.2, 0) is 12.8 Å². The lowest BCUT2D eigenvalue weighted by Gasteiger charge is -1.99. The predicted molar refractivity (Wildman–Crippen MR) is 138 cm³/mol. The summed E-state index contributed by atoms with van der Waals surface area (Å²) in [5, 5.41) is 22.0. The van der Waals surface area contributed by atoms with Gasteiger partial charge in [0.2, 0.25) is 0 Å². The lowest BCUT2D eigenvalue weighted by Crippen LogP contribution is -1.85. The van der Waals surface area contributed by atoms with Crippen molar-refractivity contribution in [3.63, 3.8) is 0 Å². The van der Waals surface area contributed by atoms with Crippen LogP contribution in [0.5, 0.6) is 0 Å². The van der Waals surface area contributed by atoms with Crippen molar-refractivity contribution in [3.05, 3.63) is 34.3 Å². The van der Waals surface area contributed by atoms with Gasteiger partial charge in [-0.25, -0.2) is 0 Å². The summed E-state index contributed by atoms with van der Waals surface area (Å²) in [6, 6.07) is 8.55. The van der Waals surface area contributed by atoms with E-state index >= 15 is 0 Å². The molecule has 0 radical (unpaired) electrons. The summed E-state index contributed by atoms with van der Waals surface area (Å²) in [6.45, 7) is 4.52. The highest BCUT2D eigenvalue weighted by atomic mass is 32.1. The average Bonchev–Trinajstić information content (AvgIpc) is 3.49. The second kappa shape index (κ2) is 14.5. The highest BCUT2D eigenvalue weighted by Gasteiger charge is 2.10. The van der Waals surface area contributed by atoms with Gasteiger partial charge in [-0.15, -0.1) is 20.4 Å². The molecule has 2 heterocycles. The minimum atomic E-state index is 1.01. The molecule has 32 heavy (non-hydrogen) atoms. The van der Waals surface area contributed by atoms with Crippen molar-refractivity contribution in [1.82, 2.24) is 20.4 Å². The summed E-state index contributed by atoms with van der Waals surface area (Å²) in [7, 11) is 0. The third-order valence-corrected chi connectivity index (χ3v) is 7.87. The van der Waals surface area contributed by atoms with Crippen LogP contribution < -0.4 is 0 Å². The molecule has 0 saturated heterocycles. The largest absolute Gasteiger partial charge is 0.147 e. The van der Waals surface area contributed by atoms with Gasteiger partial charge in [0.25, 0.3) is 0 Å². The van der Waals surface area contributed by atoms with E-state index in [1.165, 1.54) is 77.0 Å². The standard InChI is InChI=1S/C26H38N4S2/c1-3-5-7-9-11-13-15-23-27-29-25(31-23)21-17-19-22(20-18-21)26-30-28-24(32-26)16-14-12-10-8-6-4-2/h17-20H,3-16H2,1-2H3. The Morgan fingerprint density at radius 3 is 1.28 bits per heavy atom. The summed E-state index contributed by atoms with van der Waals surface area (Å²) in [6.07, 6.45) is 17.9. The Kier molecular flexibility index (Phi) is 11.3. The summed E-state index contributed by atoms with van der Waals surface area (Å²) in [5.74, 6) is 0. The smallest absolute Gasteiger partial charge is 0.143 e. The Morgan fingerprint density at radius 2 is 0.875 bits per heavy atom. The first kappa shape index (κ1) is 25.0. The van der Waals surface area contributed by atoms with Gasteiger partial charge in [-0.1, -0.05) is 125 Å². The molecule has 0 aliphatic heterocycles. The van der Waals surface area contributed by atoms with E-state index in [4.69, 9.17) is 0 Å². The number of aromatic nitrogens is 4. The second-order valence-electron chi connectivity index (χ2n) is 8.61. The van der Waals surface area contributed by atoms with Gasteiger partial charge in [0.1, 0.15) is 20.0 Å². The van der Waals surface area contributed by atoms with E-state index in [1.54, 1.807) is 22.7 Å². The minimum absolute atomic E-state index is 1.01. The highest BCUT2D eigenvalue weighted by Crippen LogP contribution is 2.29. The van der Waals surface area contributed by atoms with Crippen LogP contribution in [0.4, 0.5) is 0 Å². The minimum Gasteiger partial charge on any atom is -0.143 e. The monoisotopic (exact) mass is 470 g/mol. The van der Waals surface area contributed by atoms with E-state index in [1.807, 2.05) is 0 Å². The lowest BCUT2D eigenvalue weighted by atomic mass is 10.1. The molecule has 0 unspecified atom stereocenters. The van der Waals surface area contributed by atoms with E-state index in [0.717, 1.165) is 44.0 Å². The van der Waals surface area contributed by atoms with Gasteiger partial charge >= 0.3 is 0 Å². The van der Waals surface area contributed by atoms with Crippen LogP contribution in [0, 0.1) is 0 Å². The van der Waals surface area contributed by atoms with E-state index in [2.05, 4.69) is 58.5 Å². The number of benzene rings is 1. The van der Waals surface area contributed by atoms with Gasteiger partial charge < -0.3 is 0 Å². The van der Waals surface area contributed by atoms with E-state index < -0.39 is 0 Å². The van der Waals surface area contributed by atoms with Gasteiger partial charge in [0.05, 0.1) is 0 Å². The average molecular weight is 471 g/mol. The highest BCUT2D eigenvalue weighted by molar-refractivity contribution is 7.15. The lowest BCUT2D eigenvalue weighted by molar-refractivity contribution is 0.606. The Balaban J connectivity index is 1.45. The van der Waals surface area contributed by atoms with Crippen molar-refractivity contribution in [3.8, 4) is 21.1 Å². The molecule has 0 saturated carbocycles. The third-order valence-electron chi connectivity index (χ3n) is 5.80. The van der Waals surface area contributed by atoms with Crippen molar-refractivity contribution >= 4 is 22.7 Å². The van der Waals surface area contributed by atoms with Crippen molar-refractivity contribution in [2.75, 3.05) is 0 Å². The third kappa shape index (κ3) is 8.36. The van der Waals surface area contributed by atoms with Gasteiger partial charge in [0.15, 0.2) is 0 Å². The normalized spacial score (nSPS) is 11.3. The molecule has 0 amide bonds. The molecule has 3 aromatic rings. The summed E-state index contributed by atoms with van der Waals surface area (Å²) in [5.41, 5.74) is 2.27. The van der Waals surface area contributed by atoms with Crippen molar-refractivity contribution in [2.24, 2.45) is 0 Å². The molecule has 2 aromatic heterocycles. The topological polar surface area (TPSA) is 51.6 Å². The number of unbranched alkanes of at least 4 members (excludes halogenated alkanes) is 10. The molecular formula is C26H38N4S2. The zero-order valence-corrected chi connectivity index (χ0v) is 21.4. The molecule has 0 bridgehead atoms. The molecule has 0 N–H and O–H groups in total. The number of hydrogen-bond acceptors (Lipinski definition) is 6. The van der Waals surface area contributed by atoms with Crippen molar-refractivity contribution in [1.29, 1.82) is 0 Å². The second-order valence-corrected chi connectivity index (χ2v) is 10.7. The van der Waals surface area contributed by atoms with Crippen molar-refractivity contribution < 1.29 is 0 Å². The fourth-order valence-corrected chi connectivity index (χ4v) is 5.58. The zero-order valence-electron chi connectivity index (χ0n) is 19.8. The molecule has 0 aliphatic carbocycles. The molecule has 3 rings (SSSR count). The molecule has 1 aromatic carbocycles. The molecule has 0 spiro atoms. The number of hydrogen-bond donors (Lipinski definition) is 0. The maximum Gasteiger partial charge on any atom is 0.147 e. The molecule has 6 heteroatoms. The van der Waals surface area contributed by atoms with Crippen LogP contribution in [0.15, 0.2) is 24.3 Å². The maximum absolute atomic E-state index is 4.42. The maximum atomic E-state index is 4.42. The van der Waals surface area contributed by atoms with Gasteiger partial charge in [0, 0.05) is 24.0 Å². The molecule has 4 nitrogen and oxygen atoms in total. The van der Waals surface area contributed by atoms with Gasteiger partial charge in [-0.05, 0) is 12.8 Å². The Morgan fingerprint density at radius 1 is 0.500 bits per heavy atom. The predicted octanol–water partition coefficient (Wildman–Crippen LogP) is 8.53. The number of aryl methyl sites for hydroxylation is 2. The molecule has 0 aliphatic rings. The fourth-order valence-electron chi connectivity index (χ4n) is 3.81. The molecule has 0 fully saturated rings. The first-order valence-corrected chi connectivity index (χ1v) is 14.2. The fraction of sp³-hybridized carbons (Fsp3) is 0.615. The zero-order chi connectivity index (χ0) is 22.4. The van der Waals surface area contributed by atoms with Crippen LogP contribution >= 0.6 is 22.7 Å². The van der Waals surface area contributed by atoms with E-state index in [0.29, 0.717) is 0 Å². The Hall–Kier alpha value is -1.66. The van der Waals surface area contributed by atoms with Crippen LogP contribution in [0.3, 0.4) is 0 Å². The Bertz CT molecular complexity index is 812. The first-order valence-electron chi connectivity index (χ1n) is 12.6. The van der Waals surface area contributed by atoms with E-state index in [9.17, 15) is 0 Å². The quantitative estimate of drug-likeness (QED) is 0.197. The number of rotatable bonds is 16. The van der Waals surface area contributed by atoms with Crippen LogP contribution in [0.1, 0.15) is 101 Å². The van der Waals surface area contributed by atoms with Crippen LogP contribution in [0.25, 0.3) is 21.1 Å². The molecule has 174 valence electrons. The molecular weight excluding hydrogens is 432 g/mol. The summed E-state index contributed by atoms with van der Waals surface area (Å²) >= 11 is 3.46. The Labute approximate surface area is 201 Å².